The summed E-state index contributed by atoms with van der Waals surface area (Å²) in [6.07, 6.45) is 0. The lowest BCUT2D eigenvalue weighted by atomic mass is 10.1. The summed E-state index contributed by atoms with van der Waals surface area (Å²) >= 11 is 0. The van der Waals surface area contributed by atoms with Crippen molar-refractivity contribution in [3.05, 3.63) is 88.5 Å². The molecule has 0 spiro atoms. The Balaban J connectivity index is 1.83. The van der Waals surface area contributed by atoms with Gasteiger partial charge in [-0.05, 0) is 48.0 Å². The van der Waals surface area contributed by atoms with E-state index in [0.717, 1.165) is 5.56 Å². The fourth-order valence-corrected chi connectivity index (χ4v) is 3.84. The fourth-order valence-electron chi connectivity index (χ4n) is 3.84. The van der Waals surface area contributed by atoms with Gasteiger partial charge in [-0.1, -0.05) is 24.3 Å². The highest BCUT2D eigenvalue weighted by atomic mass is 19.1. The third-order valence-electron chi connectivity index (χ3n) is 5.41. The van der Waals surface area contributed by atoms with E-state index in [0.29, 0.717) is 39.6 Å². The van der Waals surface area contributed by atoms with Crippen LogP contribution in [0.4, 0.5) is 4.39 Å². The first-order chi connectivity index (χ1) is 15.6. The number of halogens is 1. The van der Waals surface area contributed by atoms with Crippen molar-refractivity contribution >= 4 is 16.7 Å². The first-order valence-corrected chi connectivity index (χ1v) is 9.94. The second kappa shape index (κ2) is 7.81. The summed E-state index contributed by atoms with van der Waals surface area (Å²) < 4.78 is 27.7. The molecule has 8 heteroatoms. The van der Waals surface area contributed by atoms with E-state index in [1.807, 2.05) is 28.7 Å². The molecule has 0 aliphatic carbocycles. The van der Waals surface area contributed by atoms with Gasteiger partial charge in [0.05, 0.1) is 37.2 Å². The fraction of sp³-hybridized carbons (Fsp3) is 0.125. The molecule has 2 heterocycles. The number of para-hydroxylation sites is 1. The Hall–Kier alpha value is -4.20. The van der Waals surface area contributed by atoms with Gasteiger partial charge in [0.2, 0.25) is 5.78 Å². The SMILES string of the molecule is COc1ccc(OC)c(-c2nnc3n(Cc4ccc(F)cc4)c(=O)c4ccccc4n23)c1. The predicted octanol–water partition coefficient (Wildman–Crippen LogP) is 3.92. The molecular formula is C24H19FN4O3. The molecule has 0 fully saturated rings. The van der Waals surface area contributed by atoms with Crippen LogP contribution in [0, 0.1) is 5.82 Å². The number of hydrogen-bond donors (Lipinski definition) is 0. The van der Waals surface area contributed by atoms with E-state index in [-0.39, 0.29) is 17.9 Å². The average molecular weight is 430 g/mol. The Morgan fingerprint density at radius 1 is 0.938 bits per heavy atom. The van der Waals surface area contributed by atoms with Crippen LogP contribution in [0.2, 0.25) is 0 Å². The molecule has 0 aliphatic rings. The summed E-state index contributed by atoms with van der Waals surface area (Å²) in [4.78, 5) is 13.3. The van der Waals surface area contributed by atoms with Crippen molar-refractivity contribution in [2.24, 2.45) is 0 Å². The number of methoxy groups -OCH3 is 2. The number of nitrogens with zero attached hydrogens (tertiary/aromatic N) is 4. The van der Waals surface area contributed by atoms with Crippen LogP contribution in [0.25, 0.3) is 28.1 Å². The smallest absolute Gasteiger partial charge is 0.263 e. The van der Waals surface area contributed by atoms with E-state index >= 15 is 0 Å². The monoisotopic (exact) mass is 430 g/mol. The maximum absolute atomic E-state index is 13.4. The molecule has 3 aromatic carbocycles. The van der Waals surface area contributed by atoms with Gasteiger partial charge in [-0.25, -0.2) is 4.39 Å². The van der Waals surface area contributed by atoms with E-state index in [1.165, 1.54) is 12.1 Å². The summed E-state index contributed by atoms with van der Waals surface area (Å²) in [6.45, 7) is 0.223. The zero-order chi connectivity index (χ0) is 22.2. The third-order valence-corrected chi connectivity index (χ3v) is 5.41. The van der Waals surface area contributed by atoms with Crippen molar-refractivity contribution in [2.45, 2.75) is 6.54 Å². The molecule has 0 saturated carbocycles. The van der Waals surface area contributed by atoms with Crippen LogP contribution in [-0.2, 0) is 6.54 Å². The van der Waals surface area contributed by atoms with Crippen LogP contribution in [0.15, 0.2) is 71.5 Å². The molecule has 160 valence electrons. The van der Waals surface area contributed by atoms with Crippen LogP contribution < -0.4 is 15.0 Å². The summed E-state index contributed by atoms with van der Waals surface area (Å²) in [7, 11) is 3.17. The molecular weight excluding hydrogens is 411 g/mol. The van der Waals surface area contributed by atoms with Gasteiger partial charge in [-0.3, -0.25) is 13.8 Å². The van der Waals surface area contributed by atoms with Crippen molar-refractivity contribution in [3.63, 3.8) is 0 Å². The third kappa shape index (κ3) is 3.17. The Morgan fingerprint density at radius 3 is 2.47 bits per heavy atom. The minimum absolute atomic E-state index is 0.200. The van der Waals surface area contributed by atoms with Crippen molar-refractivity contribution in [3.8, 4) is 22.9 Å². The molecule has 5 rings (SSSR count). The van der Waals surface area contributed by atoms with Gasteiger partial charge >= 0.3 is 0 Å². The molecule has 0 saturated heterocycles. The maximum Gasteiger partial charge on any atom is 0.263 e. The van der Waals surface area contributed by atoms with Crippen LogP contribution in [-0.4, -0.2) is 33.4 Å². The minimum atomic E-state index is -0.334. The first kappa shape index (κ1) is 19.7. The molecule has 5 aromatic rings. The summed E-state index contributed by atoms with van der Waals surface area (Å²) in [5.74, 6) is 1.79. The van der Waals surface area contributed by atoms with Crippen LogP contribution in [0.5, 0.6) is 11.5 Å². The van der Waals surface area contributed by atoms with Crippen molar-refractivity contribution in [1.29, 1.82) is 0 Å². The molecule has 0 N–H and O–H groups in total. The highest BCUT2D eigenvalue weighted by Gasteiger charge is 2.20. The molecule has 0 aliphatic heterocycles. The Kier molecular flexibility index (Phi) is 4.82. The number of ether oxygens (including phenoxy) is 2. The van der Waals surface area contributed by atoms with E-state index in [9.17, 15) is 9.18 Å². The number of hydrogen-bond acceptors (Lipinski definition) is 5. The van der Waals surface area contributed by atoms with E-state index < -0.39 is 0 Å². The van der Waals surface area contributed by atoms with Gasteiger partial charge in [-0.2, -0.15) is 0 Å². The number of benzene rings is 3. The van der Waals surface area contributed by atoms with Gasteiger partial charge in [0.25, 0.3) is 5.56 Å². The maximum atomic E-state index is 13.4. The topological polar surface area (TPSA) is 70.7 Å². The highest BCUT2D eigenvalue weighted by Crippen LogP contribution is 2.33. The average Bonchev–Trinajstić information content (AvgIpc) is 3.27. The summed E-state index contributed by atoms with van der Waals surface area (Å²) in [6, 6.07) is 18.7. The quantitative estimate of drug-likeness (QED) is 0.423. The zero-order valence-corrected chi connectivity index (χ0v) is 17.4. The zero-order valence-electron chi connectivity index (χ0n) is 17.4. The lowest BCUT2D eigenvalue weighted by Gasteiger charge is -2.13. The Morgan fingerprint density at radius 2 is 1.72 bits per heavy atom. The first-order valence-electron chi connectivity index (χ1n) is 9.94. The van der Waals surface area contributed by atoms with Gasteiger partial charge in [0, 0.05) is 0 Å². The number of aromatic nitrogens is 4. The van der Waals surface area contributed by atoms with E-state index in [4.69, 9.17) is 9.47 Å². The lowest BCUT2D eigenvalue weighted by molar-refractivity contribution is 0.404. The van der Waals surface area contributed by atoms with Crippen molar-refractivity contribution in [1.82, 2.24) is 19.2 Å². The molecule has 32 heavy (non-hydrogen) atoms. The second-order valence-electron chi connectivity index (χ2n) is 7.26. The highest BCUT2D eigenvalue weighted by molar-refractivity contribution is 5.83. The Labute approximate surface area is 182 Å². The van der Waals surface area contributed by atoms with Crippen LogP contribution >= 0.6 is 0 Å². The number of fused-ring (bicyclic) bond motifs is 3. The molecule has 7 nitrogen and oxygen atoms in total. The molecule has 0 bridgehead atoms. The minimum Gasteiger partial charge on any atom is -0.497 e. The molecule has 0 unspecified atom stereocenters. The summed E-state index contributed by atoms with van der Waals surface area (Å²) in [5.41, 5.74) is 1.92. The Bertz CT molecular complexity index is 1510. The van der Waals surface area contributed by atoms with Crippen molar-refractivity contribution in [2.75, 3.05) is 14.2 Å². The molecule has 0 amide bonds. The largest absolute Gasteiger partial charge is 0.497 e. The number of rotatable bonds is 5. The van der Waals surface area contributed by atoms with E-state index in [1.54, 1.807) is 49.1 Å². The van der Waals surface area contributed by atoms with Gasteiger partial charge in [-0.15, -0.1) is 10.2 Å². The standard InChI is InChI=1S/C24H19FN4O3/c1-31-17-11-12-21(32-2)19(13-17)22-26-27-24-28(14-15-7-9-16(25)10-8-15)23(30)18-5-3-4-6-20(18)29(22)24/h3-13H,14H2,1-2H3. The van der Waals surface area contributed by atoms with Gasteiger partial charge in [0.15, 0.2) is 5.82 Å². The van der Waals surface area contributed by atoms with Gasteiger partial charge < -0.3 is 9.47 Å². The van der Waals surface area contributed by atoms with Gasteiger partial charge in [0.1, 0.15) is 17.3 Å². The summed E-state index contributed by atoms with van der Waals surface area (Å²) in [5, 5.41) is 9.29. The van der Waals surface area contributed by atoms with E-state index in [2.05, 4.69) is 10.2 Å². The van der Waals surface area contributed by atoms with Crippen LogP contribution in [0.1, 0.15) is 5.56 Å². The molecule has 0 radical (unpaired) electrons. The van der Waals surface area contributed by atoms with Crippen molar-refractivity contribution < 1.29 is 13.9 Å². The lowest BCUT2D eigenvalue weighted by Crippen LogP contribution is -2.24. The second-order valence-corrected chi connectivity index (χ2v) is 7.26. The molecule has 0 atom stereocenters. The molecule has 2 aromatic heterocycles. The van der Waals surface area contributed by atoms with Crippen LogP contribution in [0.3, 0.4) is 0 Å². The predicted molar refractivity (Wildman–Crippen MR) is 119 cm³/mol. The normalized spacial score (nSPS) is 11.2.